The molecule has 1 N–H and O–H groups in total. The molecule has 0 aliphatic heterocycles. The minimum atomic E-state index is -0.0606. The van der Waals surface area contributed by atoms with Gasteiger partial charge in [-0.2, -0.15) is 0 Å². The summed E-state index contributed by atoms with van der Waals surface area (Å²) >= 11 is 3.74. The van der Waals surface area contributed by atoms with Gasteiger partial charge in [-0.15, -0.1) is 11.3 Å². The number of fused-ring (bicyclic) bond motifs is 1. The fourth-order valence-corrected chi connectivity index (χ4v) is 3.97. The van der Waals surface area contributed by atoms with E-state index in [1.165, 1.54) is 4.70 Å². The Labute approximate surface area is 134 Å². The van der Waals surface area contributed by atoms with Gasteiger partial charge < -0.3 is 4.98 Å². The van der Waals surface area contributed by atoms with E-state index in [1.54, 1.807) is 11.3 Å². The predicted molar refractivity (Wildman–Crippen MR) is 92.5 cm³/mol. The molecule has 3 rings (SSSR count). The molecular formula is C15H13IN2OS. The van der Waals surface area contributed by atoms with Gasteiger partial charge in [0.05, 0.1) is 9.26 Å². The first-order valence-electron chi connectivity index (χ1n) is 6.34. The molecule has 0 fully saturated rings. The van der Waals surface area contributed by atoms with Crippen molar-refractivity contribution >= 4 is 44.0 Å². The summed E-state index contributed by atoms with van der Waals surface area (Å²) in [6.45, 7) is 4.11. The van der Waals surface area contributed by atoms with Gasteiger partial charge in [-0.05, 0) is 34.6 Å². The molecule has 0 bridgehead atoms. The van der Waals surface area contributed by atoms with Crippen molar-refractivity contribution in [2.75, 3.05) is 0 Å². The van der Waals surface area contributed by atoms with Gasteiger partial charge in [0, 0.05) is 21.0 Å². The van der Waals surface area contributed by atoms with Gasteiger partial charge in [-0.25, -0.2) is 4.98 Å². The van der Waals surface area contributed by atoms with Crippen LogP contribution in [0.1, 0.15) is 25.5 Å². The largest absolute Gasteiger partial charge is 0.306 e. The molecule has 0 spiro atoms. The van der Waals surface area contributed by atoms with Crippen molar-refractivity contribution in [3.63, 3.8) is 0 Å². The van der Waals surface area contributed by atoms with Crippen LogP contribution in [-0.2, 0) is 0 Å². The van der Waals surface area contributed by atoms with Gasteiger partial charge in [0.1, 0.15) is 5.82 Å². The minimum Gasteiger partial charge on any atom is -0.306 e. The number of hydrogen-bond donors (Lipinski definition) is 1. The third-order valence-corrected chi connectivity index (χ3v) is 5.18. The number of H-pyrrole nitrogens is 1. The lowest BCUT2D eigenvalue weighted by atomic mass is 10.1. The summed E-state index contributed by atoms with van der Waals surface area (Å²) < 4.78 is 1.88. The summed E-state index contributed by atoms with van der Waals surface area (Å²) in [5.74, 6) is 0.893. The topological polar surface area (TPSA) is 45.8 Å². The zero-order valence-corrected chi connectivity index (χ0v) is 14.1. The number of nitrogens with zero attached hydrogens (tertiary/aromatic N) is 1. The maximum absolute atomic E-state index is 12.1. The smallest absolute Gasteiger partial charge is 0.264 e. The molecule has 0 aliphatic carbocycles. The molecule has 0 radical (unpaired) electrons. The van der Waals surface area contributed by atoms with E-state index in [4.69, 9.17) is 0 Å². The lowest BCUT2D eigenvalue weighted by Gasteiger charge is -2.09. The SMILES string of the molecule is CC(C)c1nc(-c2csc3ccccc23)[nH]c(=O)c1I. The monoisotopic (exact) mass is 396 g/mol. The first-order valence-corrected chi connectivity index (χ1v) is 8.30. The summed E-state index contributed by atoms with van der Waals surface area (Å²) in [7, 11) is 0. The highest BCUT2D eigenvalue weighted by Gasteiger charge is 2.15. The highest BCUT2D eigenvalue weighted by atomic mass is 127. The first kappa shape index (κ1) is 13.8. The molecule has 0 saturated carbocycles. The Morgan fingerprint density at radius 2 is 2.05 bits per heavy atom. The number of nitrogens with one attached hydrogen (secondary N) is 1. The van der Waals surface area contributed by atoms with E-state index < -0.39 is 0 Å². The van der Waals surface area contributed by atoms with E-state index in [-0.39, 0.29) is 11.5 Å². The number of halogens is 1. The highest BCUT2D eigenvalue weighted by molar-refractivity contribution is 14.1. The normalized spacial score (nSPS) is 11.4. The van der Waals surface area contributed by atoms with E-state index >= 15 is 0 Å². The van der Waals surface area contributed by atoms with Crippen LogP contribution in [0.4, 0.5) is 0 Å². The average molecular weight is 396 g/mol. The Balaban J connectivity index is 2.27. The Hall–Kier alpha value is -1.21. The molecule has 0 aliphatic rings. The summed E-state index contributed by atoms with van der Waals surface area (Å²) in [4.78, 5) is 19.7. The fourth-order valence-electron chi connectivity index (χ4n) is 2.15. The number of aromatic nitrogens is 2. The maximum atomic E-state index is 12.1. The highest BCUT2D eigenvalue weighted by Crippen LogP contribution is 2.32. The van der Waals surface area contributed by atoms with Crippen molar-refractivity contribution in [3.05, 3.63) is 49.3 Å². The van der Waals surface area contributed by atoms with Crippen LogP contribution in [0, 0.1) is 3.57 Å². The number of benzene rings is 1. The van der Waals surface area contributed by atoms with Gasteiger partial charge in [-0.1, -0.05) is 32.0 Å². The van der Waals surface area contributed by atoms with Gasteiger partial charge >= 0.3 is 0 Å². The molecule has 0 atom stereocenters. The lowest BCUT2D eigenvalue weighted by molar-refractivity contribution is 0.803. The second kappa shape index (κ2) is 5.29. The minimum absolute atomic E-state index is 0.0606. The van der Waals surface area contributed by atoms with Gasteiger partial charge in [0.25, 0.3) is 5.56 Å². The lowest BCUT2D eigenvalue weighted by Crippen LogP contribution is -2.17. The molecule has 20 heavy (non-hydrogen) atoms. The van der Waals surface area contributed by atoms with Crippen LogP contribution in [0.5, 0.6) is 0 Å². The third-order valence-electron chi connectivity index (χ3n) is 3.17. The number of rotatable bonds is 2. The van der Waals surface area contributed by atoms with Crippen LogP contribution < -0.4 is 5.56 Å². The van der Waals surface area contributed by atoms with E-state index in [1.807, 2.05) is 12.1 Å². The third kappa shape index (κ3) is 2.29. The molecule has 2 heterocycles. The van der Waals surface area contributed by atoms with Crippen LogP contribution in [0.25, 0.3) is 21.5 Å². The van der Waals surface area contributed by atoms with Crippen LogP contribution in [0.3, 0.4) is 0 Å². The van der Waals surface area contributed by atoms with Crippen LogP contribution in [-0.4, -0.2) is 9.97 Å². The fraction of sp³-hybridized carbons (Fsp3) is 0.200. The molecule has 0 unspecified atom stereocenters. The van der Waals surface area contributed by atoms with E-state index in [9.17, 15) is 4.79 Å². The first-order chi connectivity index (χ1) is 9.58. The van der Waals surface area contributed by atoms with Crippen molar-refractivity contribution in [3.8, 4) is 11.4 Å². The zero-order chi connectivity index (χ0) is 14.3. The summed E-state index contributed by atoms with van der Waals surface area (Å²) in [5.41, 5.74) is 1.80. The number of aromatic amines is 1. The molecule has 1 aromatic carbocycles. The molecule has 0 amide bonds. The zero-order valence-electron chi connectivity index (χ0n) is 11.1. The van der Waals surface area contributed by atoms with Crippen molar-refractivity contribution in [1.29, 1.82) is 0 Å². The standard InChI is InChI=1S/C15H13IN2OS/c1-8(2)13-12(16)15(19)18-14(17-13)10-7-20-11-6-4-3-5-9(10)11/h3-8H,1-2H3,(H,17,18,19). The van der Waals surface area contributed by atoms with Crippen LogP contribution in [0.15, 0.2) is 34.4 Å². The predicted octanol–water partition coefficient (Wildman–Crippen LogP) is 4.38. The van der Waals surface area contributed by atoms with E-state index in [2.05, 4.69) is 63.9 Å². The Bertz CT molecular complexity index is 835. The molecule has 5 heteroatoms. The Kier molecular flexibility index (Phi) is 3.64. The Morgan fingerprint density at radius 1 is 1.30 bits per heavy atom. The number of hydrogen-bond acceptors (Lipinski definition) is 3. The molecule has 0 saturated heterocycles. The van der Waals surface area contributed by atoms with Gasteiger partial charge in [0.2, 0.25) is 0 Å². The Morgan fingerprint density at radius 3 is 2.80 bits per heavy atom. The van der Waals surface area contributed by atoms with Crippen molar-refractivity contribution in [2.24, 2.45) is 0 Å². The van der Waals surface area contributed by atoms with Crippen LogP contribution in [0.2, 0.25) is 0 Å². The molecule has 3 aromatic rings. The molecule has 2 aromatic heterocycles. The van der Waals surface area contributed by atoms with Crippen molar-refractivity contribution < 1.29 is 0 Å². The van der Waals surface area contributed by atoms with E-state index in [0.29, 0.717) is 9.39 Å². The summed E-state index contributed by atoms with van der Waals surface area (Å²) in [6.07, 6.45) is 0. The van der Waals surface area contributed by atoms with Gasteiger partial charge in [-0.3, -0.25) is 4.79 Å². The molecule has 102 valence electrons. The summed E-state index contributed by atoms with van der Waals surface area (Å²) in [5, 5.41) is 3.19. The quantitative estimate of drug-likeness (QED) is 0.654. The van der Waals surface area contributed by atoms with Crippen molar-refractivity contribution in [2.45, 2.75) is 19.8 Å². The van der Waals surface area contributed by atoms with E-state index in [0.717, 1.165) is 16.6 Å². The number of thiophene rings is 1. The van der Waals surface area contributed by atoms with Crippen LogP contribution >= 0.6 is 33.9 Å². The summed E-state index contributed by atoms with van der Waals surface area (Å²) in [6, 6.07) is 8.17. The molecule has 3 nitrogen and oxygen atoms in total. The maximum Gasteiger partial charge on any atom is 0.264 e. The van der Waals surface area contributed by atoms with Gasteiger partial charge in [0.15, 0.2) is 0 Å². The average Bonchev–Trinajstić information content (AvgIpc) is 2.85. The second-order valence-electron chi connectivity index (χ2n) is 4.91. The van der Waals surface area contributed by atoms with Crippen molar-refractivity contribution in [1.82, 2.24) is 9.97 Å². The molecular weight excluding hydrogens is 383 g/mol. The second-order valence-corrected chi connectivity index (χ2v) is 6.90.